The van der Waals surface area contributed by atoms with Gasteiger partial charge in [-0.2, -0.15) is 0 Å². The van der Waals surface area contributed by atoms with Gasteiger partial charge in [0.15, 0.2) is 11.4 Å². The summed E-state index contributed by atoms with van der Waals surface area (Å²) in [6.45, 7) is 18.1. The highest BCUT2D eigenvalue weighted by atomic mass is 16.7. The Bertz CT molecular complexity index is 1320. The van der Waals surface area contributed by atoms with E-state index in [-0.39, 0.29) is 30.7 Å². The fourth-order valence-electron chi connectivity index (χ4n) is 9.70. The summed E-state index contributed by atoms with van der Waals surface area (Å²) in [6.07, 6.45) is -1.42. The second-order valence-electron chi connectivity index (χ2n) is 14.7. The molecular formula is C34H46O8. The maximum atomic E-state index is 13.9. The predicted octanol–water partition coefficient (Wildman–Crippen LogP) is 5.22. The number of aliphatic hydroxyl groups is 1. The Labute approximate surface area is 249 Å². The van der Waals surface area contributed by atoms with Gasteiger partial charge in [0.25, 0.3) is 0 Å². The lowest BCUT2D eigenvalue weighted by atomic mass is 9.42. The van der Waals surface area contributed by atoms with Crippen LogP contribution < -0.4 is 0 Å². The number of fused-ring (bicyclic) bond motifs is 4. The van der Waals surface area contributed by atoms with E-state index in [0.717, 1.165) is 5.57 Å². The first kappa shape index (κ1) is 29.8. The molecule has 0 radical (unpaired) electrons. The second-order valence-corrected chi connectivity index (χ2v) is 14.7. The zero-order valence-electron chi connectivity index (χ0n) is 26.4. The third-order valence-electron chi connectivity index (χ3n) is 11.6. The Hall–Kier alpha value is -2.26. The molecule has 8 heteroatoms. The number of benzene rings is 1. The molecule has 1 N–H and O–H groups in total. The van der Waals surface area contributed by atoms with Crippen LogP contribution in [0.25, 0.3) is 0 Å². The monoisotopic (exact) mass is 582 g/mol. The van der Waals surface area contributed by atoms with Crippen LogP contribution >= 0.6 is 0 Å². The van der Waals surface area contributed by atoms with Gasteiger partial charge in [0, 0.05) is 30.1 Å². The van der Waals surface area contributed by atoms with Crippen molar-refractivity contribution in [2.75, 3.05) is 6.61 Å². The van der Waals surface area contributed by atoms with Crippen LogP contribution in [0.15, 0.2) is 41.5 Å². The molecule has 1 aromatic carbocycles. The van der Waals surface area contributed by atoms with E-state index in [0.29, 0.717) is 18.4 Å². The van der Waals surface area contributed by atoms with Crippen molar-refractivity contribution in [3.63, 3.8) is 0 Å². The normalized spacial score (nSPS) is 44.9. The molecule has 0 spiro atoms. The quantitative estimate of drug-likeness (QED) is 0.383. The molecule has 5 aliphatic rings. The van der Waals surface area contributed by atoms with Gasteiger partial charge in [-0.3, -0.25) is 4.79 Å². The van der Waals surface area contributed by atoms with Crippen LogP contribution in [0.2, 0.25) is 0 Å². The predicted molar refractivity (Wildman–Crippen MR) is 154 cm³/mol. The maximum Gasteiger partial charge on any atom is 0.338 e. The van der Waals surface area contributed by atoms with E-state index < -0.39 is 57.9 Å². The van der Waals surface area contributed by atoms with Gasteiger partial charge in [-0.15, -0.1) is 0 Å². The number of carbonyl (C=O) groups is 2. The third kappa shape index (κ3) is 3.87. The van der Waals surface area contributed by atoms with Crippen LogP contribution in [0.5, 0.6) is 0 Å². The lowest BCUT2D eigenvalue weighted by molar-refractivity contribution is -0.427. The minimum Gasteiger partial charge on any atom is -0.455 e. The number of hydrogen-bond donors (Lipinski definition) is 1. The average molecular weight is 583 g/mol. The molecule has 10 atom stereocenters. The van der Waals surface area contributed by atoms with E-state index in [9.17, 15) is 14.7 Å². The van der Waals surface area contributed by atoms with Crippen LogP contribution in [0.3, 0.4) is 0 Å². The first-order valence-corrected chi connectivity index (χ1v) is 15.4. The van der Waals surface area contributed by atoms with Crippen molar-refractivity contribution in [3.8, 4) is 0 Å². The molecule has 4 fully saturated rings. The Morgan fingerprint density at radius 3 is 2.26 bits per heavy atom. The first-order valence-electron chi connectivity index (χ1n) is 15.4. The lowest BCUT2D eigenvalue weighted by Gasteiger charge is -2.72. The van der Waals surface area contributed by atoms with Crippen molar-refractivity contribution >= 4 is 11.9 Å². The number of esters is 2. The summed E-state index contributed by atoms with van der Waals surface area (Å²) in [7, 11) is 0. The smallest absolute Gasteiger partial charge is 0.338 e. The Balaban J connectivity index is 1.65. The van der Waals surface area contributed by atoms with E-state index in [1.54, 1.807) is 24.3 Å². The lowest BCUT2D eigenvalue weighted by Crippen LogP contribution is -2.83. The number of hydrogen-bond acceptors (Lipinski definition) is 8. The van der Waals surface area contributed by atoms with Crippen molar-refractivity contribution in [2.45, 2.75) is 117 Å². The Morgan fingerprint density at radius 1 is 1.00 bits per heavy atom. The number of rotatable bonds is 3. The van der Waals surface area contributed by atoms with Gasteiger partial charge < -0.3 is 28.8 Å². The second kappa shape index (κ2) is 9.37. The third-order valence-corrected chi connectivity index (χ3v) is 11.6. The summed E-state index contributed by atoms with van der Waals surface area (Å²) in [5.41, 5.74) is -1.51. The molecule has 0 amide bonds. The van der Waals surface area contributed by atoms with Crippen molar-refractivity contribution in [2.24, 2.45) is 28.6 Å². The van der Waals surface area contributed by atoms with E-state index in [2.05, 4.69) is 41.5 Å². The summed E-state index contributed by atoms with van der Waals surface area (Å²) in [6, 6.07) is 8.84. The van der Waals surface area contributed by atoms with E-state index in [1.165, 1.54) is 12.5 Å². The molecule has 2 aliphatic heterocycles. The molecule has 230 valence electrons. The summed E-state index contributed by atoms with van der Waals surface area (Å²) < 4.78 is 32.6. The van der Waals surface area contributed by atoms with Crippen LogP contribution in [0.1, 0.15) is 85.5 Å². The number of ether oxygens (including phenoxy) is 5. The van der Waals surface area contributed by atoms with Gasteiger partial charge in [-0.25, -0.2) is 4.79 Å². The SMILES string of the molecule is CC(=O)O[C@@]12CO[C@@H]1C[C@@H]1OC(C)(C)O[C@H]3[C@H](C)C4=C(C)[C@@H](C)C[C@@](O)([C@@H](OC(=O)c5ccccc5)[C@H]2[C@@]13C)C4(C)C. The molecule has 2 heterocycles. The van der Waals surface area contributed by atoms with Crippen molar-refractivity contribution in [1.29, 1.82) is 0 Å². The van der Waals surface area contributed by atoms with E-state index in [4.69, 9.17) is 23.7 Å². The molecule has 2 bridgehead atoms. The van der Waals surface area contributed by atoms with Crippen molar-refractivity contribution in [3.05, 3.63) is 47.0 Å². The topological polar surface area (TPSA) is 101 Å². The average Bonchev–Trinajstić information content (AvgIpc) is 2.89. The Morgan fingerprint density at radius 2 is 1.67 bits per heavy atom. The summed E-state index contributed by atoms with van der Waals surface area (Å²) >= 11 is 0. The fraction of sp³-hybridized carbons (Fsp3) is 0.706. The van der Waals surface area contributed by atoms with Gasteiger partial charge in [0.05, 0.1) is 30.3 Å². The highest BCUT2D eigenvalue weighted by molar-refractivity contribution is 5.89. The summed E-state index contributed by atoms with van der Waals surface area (Å²) in [5.74, 6) is -2.63. The van der Waals surface area contributed by atoms with Gasteiger partial charge in [0.1, 0.15) is 17.8 Å². The largest absolute Gasteiger partial charge is 0.455 e. The van der Waals surface area contributed by atoms with Crippen LogP contribution in [0.4, 0.5) is 0 Å². The van der Waals surface area contributed by atoms with E-state index in [1.807, 2.05) is 19.9 Å². The minimum absolute atomic E-state index is 0.0214. The summed E-state index contributed by atoms with van der Waals surface area (Å²) in [4.78, 5) is 26.7. The molecule has 6 rings (SSSR count). The molecule has 3 aliphatic carbocycles. The summed E-state index contributed by atoms with van der Waals surface area (Å²) in [5, 5.41) is 13.2. The standard InChI is InChI=1S/C34H46O8/c1-18-16-34(37)28(39-29(36)22-13-11-10-12-14-22)26-32(9)23(15-24-33(26,17-38-24)40-21(4)35)41-31(7,8)42-27(32)20(3)25(19(18)2)30(34,5)6/h10-14,18,20,23-24,26-28,37H,15-17H2,1-9H3/t18-,20+,23-,24+,26-,27-,28-,32+,33-,34+/m0/s1. The molecule has 2 saturated carbocycles. The van der Waals surface area contributed by atoms with Crippen molar-refractivity contribution < 1.29 is 38.4 Å². The minimum atomic E-state index is -1.50. The van der Waals surface area contributed by atoms with Crippen LogP contribution in [-0.4, -0.2) is 65.1 Å². The number of allylic oxidation sites excluding steroid dienone is 1. The molecule has 2 saturated heterocycles. The molecule has 8 nitrogen and oxygen atoms in total. The molecule has 1 aromatic rings. The molecule has 0 aromatic heterocycles. The highest BCUT2D eigenvalue weighted by Crippen LogP contribution is 2.68. The maximum absolute atomic E-state index is 13.9. The van der Waals surface area contributed by atoms with Crippen LogP contribution in [-0.2, 0) is 28.5 Å². The van der Waals surface area contributed by atoms with Gasteiger partial charge in [-0.1, -0.05) is 64.0 Å². The van der Waals surface area contributed by atoms with Gasteiger partial charge in [0.2, 0.25) is 0 Å². The highest BCUT2D eigenvalue weighted by Gasteiger charge is 2.79. The van der Waals surface area contributed by atoms with E-state index >= 15 is 0 Å². The Kier molecular flexibility index (Phi) is 6.65. The number of carbonyl (C=O) groups excluding carboxylic acids is 2. The van der Waals surface area contributed by atoms with Crippen LogP contribution in [0, 0.1) is 28.6 Å². The zero-order valence-corrected chi connectivity index (χ0v) is 26.4. The molecule has 42 heavy (non-hydrogen) atoms. The van der Waals surface area contributed by atoms with Crippen molar-refractivity contribution in [1.82, 2.24) is 0 Å². The van der Waals surface area contributed by atoms with Gasteiger partial charge in [-0.05, 0) is 45.2 Å². The first-order chi connectivity index (χ1) is 19.5. The molecular weight excluding hydrogens is 536 g/mol. The van der Waals surface area contributed by atoms with Gasteiger partial charge >= 0.3 is 11.9 Å². The molecule has 0 unspecified atom stereocenters. The zero-order chi connectivity index (χ0) is 30.6. The fourth-order valence-corrected chi connectivity index (χ4v) is 9.70.